The van der Waals surface area contributed by atoms with Crippen LogP contribution in [0.4, 0.5) is 0 Å². The van der Waals surface area contributed by atoms with Gasteiger partial charge in [-0.2, -0.15) is 0 Å². The lowest BCUT2D eigenvalue weighted by atomic mass is 10.1. The fraction of sp³-hybridized carbons (Fsp3) is 0.333. The first-order valence-corrected chi connectivity index (χ1v) is 6.60. The third kappa shape index (κ3) is 2.93. The lowest BCUT2D eigenvalue weighted by Gasteiger charge is -2.08. The van der Waals surface area contributed by atoms with Gasteiger partial charge in [-0.25, -0.2) is 14.4 Å². The average Bonchev–Trinajstić information content (AvgIpc) is 2.70. The van der Waals surface area contributed by atoms with E-state index in [4.69, 9.17) is 0 Å². The molecular weight excluding hydrogens is 266 g/mol. The molecule has 0 bridgehead atoms. The van der Waals surface area contributed by atoms with Gasteiger partial charge in [-0.05, 0) is 32.4 Å². The molecule has 2 aromatic rings. The van der Waals surface area contributed by atoms with Crippen LogP contribution in [0.5, 0.6) is 0 Å². The van der Waals surface area contributed by atoms with E-state index in [9.17, 15) is 9.90 Å². The van der Waals surface area contributed by atoms with Gasteiger partial charge >= 0.3 is 5.97 Å². The number of carboxylic acid groups (broad SMARTS) is 1. The third-order valence-electron chi connectivity index (χ3n) is 2.62. The monoisotopic (exact) mass is 279 g/mol. The number of aryl methyl sites for hydroxylation is 3. The predicted octanol–water partition coefficient (Wildman–Crippen LogP) is 2.38. The number of pyridine rings is 1. The zero-order valence-electron chi connectivity index (χ0n) is 10.8. The van der Waals surface area contributed by atoms with Crippen molar-refractivity contribution in [3.05, 3.63) is 34.3 Å². The number of carbonyl (C=O) groups is 1. The summed E-state index contributed by atoms with van der Waals surface area (Å²) >= 11 is 1.32. The smallest absolute Gasteiger partial charge is 0.338 e. The topological polar surface area (TPSA) is 89.1 Å². The van der Waals surface area contributed by atoms with Crippen molar-refractivity contribution in [2.24, 2.45) is 0 Å². The number of hydrogen-bond acceptors (Lipinski definition) is 6. The highest BCUT2D eigenvalue weighted by Gasteiger charge is 2.17. The molecule has 0 aliphatic carbocycles. The minimum atomic E-state index is -0.970. The molecule has 0 saturated carbocycles. The summed E-state index contributed by atoms with van der Waals surface area (Å²) in [6.45, 7) is 5.40. The molecule has 0 atom stereocenters. The summed E-state index contributed by atoms with van der Waals surface area (Å²) in [5.41, 5.74) is 3.14. The highest BCUT2D eigenvalue weighted by molar-refractivity contribution is 7.98. The van der Waals surface area contributed by atoms with Crippen LogP contribution in [0.3, 0.4) is 0 Å². The van der Waals surface area contributed by atoms with Crippen molar-refractivity contribution in [1.29, 1.82) is 0 Å². The van der Waals surface area contributed by atoms with E-state index in [0.29, 0.717) is 27.7 Å². The fourth-order valence-corrected chi connectivity index (χ4v) is 2.82. The van der Waals surface area contributed by atoms with Crippen LogP contribution < -0.4 is 0 Å². The van der Waals surface area contributed by atoms with Gasteiger partial charge in [0.2, 0.25) is 0 Å². The molecule has 19 heavy (non-hydrogen) atoms. The SMILES string of the molecule is Cc1cc(C)c(C(=O)O)c(SCc2nonc2C)n1. The largest absolute Gasteiger partial charge is 0.478 e. The van der Waals surface area contributed by atoms with Gasteiger partial charge < -0.3 is 5.11 Å². The summed E-state index contributed by atoms with van der Waals surface area (Å²) < 4.78 is 4.61. The van der Waals surface area contributed by atoms with Gasteiger partial charge in [0, 0.05) is 11.4 Å². The number of rotatable bonds is 4. The highest BCUT2D eigenvalue weighted by Crippen LogP contribution is 2.27. The standard InChI is InChI=1S/C12H13N3O3S/c1-6-4-7(2)13-11(10(6)12(16)17)19-5-9-8(3)14-18-15-9/h4H,5H2,1-3H3,(H,16,17). The first-order chi connectivity index (χ1) is 8.99. The van der Waals surface area contributed by atoms with E-state index in [1.807, 2.05) is 6.92 Å². The zero-order chi connectivity index (χ0) is 14.0. The third-order valence-corrected chi connectivity index (χ3v) is 3.60. The van der Waals surface area contributed by atoms with E-state index < -0.39 is 5.97 Å². The molecule has 6 nitrogen and oxygen atoms in total. The van der Waals surface area contributed by atoms with Gasteiger partial charge in [0.15, 0.2) is 0 Å². The van der Waals surface area contributed by atoms with Crippen LogP contribution in [-0.4, -0.2) is 26.4 Å². The van der Waals surface area contributed by atoms with Crippen molar-refractivity contribution < 1.29 is 14.5 Å². The van der Waals surface area contributed by atoms with Crippen LogP contribution in [0.2, 0.25) is 0 Å². The van der Waals surface area contributed by atoms with Crippen molar-refractivity contribution in [1.82, 2.24) is 15.3 Å². The van der Waals surface area contributed by atoms with Crippen LogP contribution in [0.25, 0.3) is 0 Å². The molecule has 0 fully saturated rings. The molecule has 2 rings (SSSR count). The second kappa shape index (κ2) is 5.40. The Balaban J connectivity index is 2.29. The molecule has 100 valence electrons. The number of aromatic carboxylic acids is 1. The van der Waals surface area contributed by atoms with Gasteiger partial charge in [-0.3, -0.25) is 0 Å². The lowest BCUT2D eigenvalue weighted by Crippen LogP contribution is -2.05. The number of thioether (sulfide) groups is 1. The normalized spacial score (nSPS) is 10.7. The Bertz CT molecular complexity index is 625. The van der Waals surface area contributed by atoms with Gasteiger partial charge in [-0.15, -0.1) is 0 Å². The Morgan fingerprint density at radius 2 is 2.11 bits per heavy atom. The van der Waals surface area contributed by atoms with Crippen molar-refractivity contribution in [2.45, 2.75) is 31.6 Å². The van der Waals surface area contributed by atoms with Gasteiger partial charge in [0.05, 0.1) is 5.56 Å². The molecule has 2 aromatic heterocycles. The van der Waals surface area contributed by atoms with Crippen LogP contribution >= 0.6 is 11.8 Å². The zero-order valence-corrected chi connectivity index (χ0v) is 11.6. The van der Waals surface area contributed by atoms with E-state index in [-0.39, 0.29) is 5.56 Å². The quantitative estimate of drug-likeness (QED) is 0.859. The second-order valence-electron chi connectivity index (χ2n) is 4.15. The summed E-state index contributed by atoms with van der Waals surface area (Å²) in [5.74, 6) is -0.492. The van der Waals surface area contributed by atoms with Gasteiger partial charge in [0.1, 0.15) is 16.4 Å². The Morgan fingerprint density at radius 3 is 2.68 bits per heavy atom. The van der Waals surface area contributed by atoms with E-state index >= 15 is 0 Å². The molecule has 2 heterocycles. The van der Waals surface area contributed by atoms with E-state index in [1.165, 1.54) is 11.8 Å². The molecule has 0 unspecified atom stereocenters. The fourth-order valence-electron chi connectivity index (χ4n) is 1.68. The summed E-state index contributed by atoms with van der Waals surface area (Å²) in [5, 5.41) is 17.2. The van der Waals surface area contributed by atoms with Crippen molar-refractivity contribution >= 4 is 17.7 Å². The second-order valence-corrected chi connectivity index (χ2v) is 5.11. The molecule has 0 aliphatic heterocycles. The van der Waals surface area contributed by atoms with Gasteiger partial charge in [0.25, 0.3) is 0 Å². The first kappa shape index (κ1) is 13.5. The molecule has 0 saturated heterocycles. The average molecular weight is 279 g/mol. The highest BCUT2D eigenvalue weighted by atomic mass is 32.2. The molecular formula is C12H13N3O3S. The number of aromatic nitrogens is 3. The van der Waals surface area contributed by atoms with E-state index in [1.54, 1.807) is 19.9 Å². The van der Waals surface area contributed by atoms with Crippen molar-refractivity contribution in [3.63, 3.8) is 0 Å². The predicted molar refractivity (Wildman–Crippen MR) is 69.3 cm³/mol. The van der Waals surface area contributed by atoms with Crippen molar-refractivity contribution in [3.8, 4) is 0 Å². The molecule has 0 aliphatic rings. The summed E-state index contributed by atoms with van der Waals surface area (Å²) in [7, 11) is 0. The van der Waals surface area contributed by atoms with E-state index in [2.05, 4.69) is 19.9 Å². The Labute approximate surface area is 114 Å². The Hall–Kier alpha value is -1.89. The molecule has 0 amide bonds. The first-order valence-electron chi connectivity index (χ1n) is 5.61. The molecule has 0 aromatic carbocycles. The minimum Gasteiger partial charge on any atom is -0.478 e. The number of nitrogens with zero attached hydrogens (tertiary/aromatic N) is 3. The maximum absolute atomic E-state index is 11.3. The summed E-state index contributed by atoms with van der Waals surface area (Å²) in [6.07, 6.45) is 0. The maximum atomic E-state index is 11.3. The van der Waals surface area contributed by atoms with Gasteiger partial charge in [-0.1, -0.05) is 22.1 Å². The molecule has 0 radical (unpaired) electrons. The lowest BCUT2D eigenvalue weighted by molar-refractivity contribution is 0.0691. The Morgan fingerprint density at radius 1 is 1.37 bits per heavy atom. The Kier molecular flexibility index (Phi) is 3.84. The van der Waals surface area contributed by atoms with E-state index in [0.717, 1.165) is 5.69 Å². The minimum absolute atomic E-state index is 0.240. The molecule has 0 spiro atoms. The number of hydrogen-bond donors (Lipinski definition) is 1. The maximum Gasteiger partial charge on any atom is 0.338 e. The summed E-state index contributed by atoms with van der Waals surface area (Å²) in [6, 6.07) is 1.76. The van der Waals surface area contributed by atoms with Crippen LogP contribution in [0.15, 0.2) is 15.7 Å². The van der Waals surface area contributed by atoms with Crippen molar-refractivity contribution in [2.75, 3.05) is 0 Å². The van der Waals surface area contributed by atoms with Crippen LogP contribution in [-0.2, 0) is 5.75 Å². The number of carboxylic acids is 1. The molecule has 1 N–H and O–H groups in total. The summed E-state index contributed by atoms with van der Waals surface area (Å²) in [4.78, 5) is 15.6. The van der Waals surface area contributed by atoms with Crippen LogP contribution in [0, 0.1) is 20.8 Å². The molecule has 7 heteroatoms. The van der Waals surface area contributed by atoms with Crippen LogP contribution in [0.1, 0.15) is 33.0 Å².